The van der Waals surface area contributed by atoms with Crippen LogP contribution < -0.4 is 10.7 Å². The third-order valence-corrected chi connectivity index (χ3v) is 5.16. The smallest absolute Gasteiger partial charge is 0.259 e. The quantitative estimate of drug-likeness (QED) is 0.635. The Hall–Kier alpha value is -3.68. The highest BCUT2D eigenvalue weighted by Crippen LogP contribution is 2.22. The molecule has 2 aromatic heterocycles. The monoisotopic (exact) mass is 421 g/mol. The van der Waals surface area contributed by atoms with Crippen molar-refractivity contribution in [1.82, 2.24) is 19.2 Å². The summed E-state index contributed by atoms with van der Waals surface area (Å²) in [5.74, 6) is -0.191. The molecule has 0 fully saturated rings. The summed E-state index contributed by atoms with van der Waals surface area (Å²) in [5, 5.41) is 7.25. The highest BCUT2D eigenvalue weighted by atomic mass is 16.2. The molecule has 2 heterocycles. The van der Waals surface area contributed by atoms with Crippen LogP contribution in [0.4, 0.5) is 5.82 Å². The van der Waals surface area contributed by atoms with Crippen LogP contribution in [0.5, 0.6) is 0 Å². The van der Waals surface area contributed by atoms with E-state index in [-0.39, 0.29) is 23.8 Å². The van der Waals surface area contributed by atoms with Crippen molar-refractivity contribution in [3.8, 4) is 5.69 Å². The minimum Gasteiger partial charge on any atom is -0.340 e. The molecule has 3 aromatic rings. The molecular formula is C23H27N5O3. The van der Waals surface area contributed by atoms with Crippen molar-refractivity contribution >= 4 is 17.6 Å². The largest absolute Gasteiger partial charge is 0.340 e. The average Bonchev–Trinajstić information content (AvgIpc) is 3.15. The maximum absolute atomic E-state index is 13.0. The molecule has 2 amide bonds. The van der Waals surface area contributed by atoms with Gasteiger partial charge in [0.1, 0.15) is 17.9 Å². The van der Waals surface area contributed by atoms with Gasteiger partial charge >= 0.3 is 0 Å². The standard InChI is InChI=1S/C23H27N5O3/c1-5-26(6-2)23(31)20-14-24-28(18-10-8-7-9-11-18)22(20)25-21(30)15-27-16(3)12-19(29)13-17(27)4/h7-14H,5-6,15H2,1-4H3,(H,25,30). The second-order valence-electron chi connectivity index (χ2n) is 7.24. The molecule has 8 heteroatoms. The van der Waals surface area contributed by atoms with Crippen molar-refractivity contribution in [2.75, 3.05) is 18.4 Å². The van der Waals surface area contributed by atoms with Crippen LogP contribution in [0.2, 0.25) is 0 Å². The van der Waals surface area contributed by atoms with Crippen LogP contribution in [0, 0.1) is 13.8 Å². The van der Waals surface area contributed by atoms with Gasteiger partial charge in [-0.2, -0.15) is 5.10 Å². The van der Waals surface area contributed by atoms with Crippen molar-refractivity contribution in [2.45, 2.75) is 34.2 Å². The fourth-order valence-electron chi connectivity index (χ4n) is 3.52. The number of carbonyl (C=O) groups is 2. The SMILES string of the molecule is CCN(CC)C(=O)c1cnn(-c2ccccc2)c1NC(=O)Cn1c(C)cc(=O)cc1C. The van der Waals surface area contributed by atoms with Crippen LogP contribution in [0.3, 0.4) is 0 Å². The van der Waals surface area contributed by atoms with Gasteiger partial charge in [-0.1, -0.05) is 18.2 Å². The van der Waals surface area contributed by atoms with E-state index in [1.54, 1.807) is 28.0 Å². The fourth-order valence-corrected chi connectivity index (χ4v) is 3.52. The summed E-state index contributed by atoms with van der Waals surface area (Å²) < 4.78 is 3.31. The van der Waals surface area contributed by atoms with E-state index in [0.717, 1.165) is 5.69 Å². The van der Waals surface area contributed by atoms with Gasteiger partial charge in [0.05, 0.1) is 11.9 Å². The number of rotatable bonds is 7. The van der Waals surface area contributed by atoms with Crippen molar-refractivity contribution in [3.63, 3.8) is 0 Å². The second kappa shape index (κ2) is 9.42. The van der Waals surface area contributed by atoms with Crippen molar-refractivity contribution < 1.29 is 9.59 Å². The lowest BCUT2D eigenvalue weighted by Crippen LogP contribution is -2.31. The van der Waals surface area contributed by atoms with Crippen LogP contribution in [-0.2, 0) is 11.3 Å². The summed E-state index contributed by atoms with van der Waals surface area (Å²) in [6.45, 7) is 8.49. The number of aromatic nitrogens is 3. The number of pyridine rings is 1. The molecule has 31 heavy (non-hydrogen) atoms. The number of nitrogens with one attached hydrogen (secondary N) is 1. The first-order valence-electron chi connectivity index (χ1n) is 10.3. The van der Waals surface area contributed by atoms with Gasteiger partial charge in [0.15, 0.2) is 5.43 Å². The fraction of sp³-hybridized carbons (Fsp3) is 0.304. The van der Waals surface area contributed by atoms with Crippen molar-refractivity contribution in [2.24, 2.45) is 0 Å². The molecule has 0 bridgehead atoms. The second-order valence-corrected chi connectivity index (χ2v) is 7.24. The molecule has 1 aromatic carbocycles. The molecule has 0 aliphatic rings. The summed E-state index contributed by atoms with van der Waals surface area (Å²) in [6.07, 6.45) is 1.49. The molecule has 3 rings (SSSR count). The van der Waals surface area contributed by atoms with E-state index in [2.05, 4.69) is 10.4 Å². The zero-order chi connectivity index (χ0) is 22.5. The molecule has 0 radical (unpaired) electrons. The van der Waals surface area contributed by atoms with E-state index in [0.29, 0.717) is 35.9 Å². The maximum atomic E-state index is 13.0. The first-order chi connectivity index (χ1) is 14.8. The molecule has 0 saturated heterocycles. The number of nitrogens with zero attached hydrogens (tertiary/aromatic N) is 4. The van der Waals surface area contributed by atoms with E-state index < -0.39 is 0 Å². The van der Waals surface area contributed by atoms with E-state index in [1.807, 2.05) is 44.2 Å². The number of para-hydroxylation sites is 1. The molecule has 0 saturated carbocycles. The Labute approximate surface area is 181 Å². The average molecular weight is 422 g/mol. The van der Waals surface area contributed by atoms with E-state index in [4.69, 9.17) is 0 Å². The number of benzene rings is 1. The lowest BCUT2D eigenvalue weighted by atomic mass is 10.2. The number of hydrogen-bond donors (Lipinski definition) is 1. The van der Waals surface area contributed by atoms with E-state index in [9.17, 15) is 14.4 Å². The normalized spacial score (nSPS) is 10.7. The van der Waals surface area contributed by atoms with Crippen molar-refractivity contribution in [1.29, 1.82) is 0 Å². The molecular weight excluding hydrogens is 394 g/mol. The number of hydrogen-bond acceptors (Lipinski definition) is 4. The predicted molar refractivity (Wildman–Crippen MR) is 120 cm³/mol. The maximum Gasteiger partial charge on any atom is 0.259 e. The molecule has 0 aliphatic carbocycles. The number of aryl methyl sites for hydroxylation is 2. The van der Waals surface area contributed by atoms with Gasteiger partial charge in [0.2, 0.25) is 5.91 Å². The molecule has 0 aliphatic heterocycles. The number of anilines is 1. The first kappa shape index (κ1) is 22.0. The predicted octanol–water partition coefficient (Wildman–Crippen LogP) is 2.77. The molecule has 8 nitrogen and oxygen atoms in total. The van der Waals surface area contributed by atoms with Gasteiger partial charge in [0.25, 0.3) is 5.91 Å². The third-order valence-electron chi connectivity index (χ3n) is 5.16. The molecule has 0 unspecified atom stereocenters. The van der Waals surface area contributed by atoms with Gasteiger partial charge < -0.3 is 14.8 Å². The van der Waals surface area contributed by atoms with Gasteiger partial charge in [-0.05, 0) is 39.8 Å². The Balaban J connectivity index is 1.98. The number of carbonyl (C=O) groups excluding carboxylic acids is 2. The van der Waals surface area contributed by atoms with Crippen LogP contribution in [0.15, 0.2) is 53.5 Å². The summed E-state index contributed by atoms with van der Waals surface area (Å²) in [6, 6.07) is 12.3. The van der Waals surface area contributed by atoms with Gasteiger partial charge in [-0.25, -0.2) is 4.68 Å². The first-order valence-corrected chi connectivity index (χ1v) is 10.3. The van der Waals surface area contributed by atoms with Gasteiger partial charge in [-0.15, -0.1) is 0 Å². The Morgan fingerprint density at radius 2 is 1.65 bits per heavy atom. The van der Waals surface area contributed by atoms with Gasteiger partial charge in [0, 0.05) is 36.6 Å². The van der Waals surface area contributed by atoms with Gasteiger partial charge in [-0.3, -0.25) is 14.4 Å². The highest BCUT2D eigenvalue weighted by Gasteiger charge is 2.23. The number of amides is 2. The topological polar surface area (TPSA) is 89.2 Å². The minimum absolute atomic E-state index is 0.0107. The Morgan fingerprint density at radius 3 is 2.23 bits per heavy atom. The zero-order valence-electron chi connectivity index (χ0n) is 18.3. The molecule has 0 spiro atoms. The lowest BCUT2D eigenvalue weighted by molar-refractivity contribution is -0.116. The lowest BCUT2D eigenvalue weighted by Gasteiger charge is -2.19. The zero-order valence-corrected chi connectivity index (χ0v) is 18.3. The Kier molecular flexibility index (Phi) is 6.69. The summed E-state index contributed by atoms with van der Waals surface area (Å²) in [5.41, 5.74) is 2.34. The van der Waals surface area contributed by atoms with Crippen molar-refractivity contribution in [3.05, 3.63) is 75.8 Å². The summed E-state index contributed by atoms with van der Waals surface area (Å²) >= 11 is 0. The van der Waals surface area contributed by atoms with Crippen LogP contribution >= 0.6 is 0 Å². The van der Waals surface area contributed by atoms with E-state index in [1.165, 1.54) is 18.3 Å². The molecule has 162 valence electrons. The molecule has 0 atom stereocenters. The highest BCUT2D eigenvalue weighted by molar-refractivity contribution is 6.03. The Bertz CT molecular complexity index is 1120. The van der Waals surface area contributed by atoms with Crippen LogP contribution in [-0.4, -0.2) is 44.2 Å². The third kappa shape index (κ3) is 4.74. The Morgan fingerprint density at radius 1 is 1.03 bits per heavy atom. The summed E-state index contributed by atoms with van der Waals surface area (Å²) in [7, 11) is 0. The van der Waals surface area contributed by atoms with Crippen LogP contribution in [0.1, 0.15) is 35.6 Å². The van der Waals surface area contributed by atoms with Crippen LogP contribution in [0.25, 0.3) is 5.69 Å². The minimum atomic E-state index is -0.318. The molecule has 1 N–H and O–H groups in total. The van der Waals surface area contributed by atoms with E-state index >= 15 is 0 Å². The summed E-state index contributed by atoms with van der Waals surface area (Å²) in [4.78, 5) is 39.4.